The van der Waals surface area contributed by atoms with E-state index < -0.39 is 29.5 Å². The third-order valence-corrected chi connectivity index (χ3v) is 3.52. The van der Waals surface area contributed by atoms with E-state index in [4.69, 9.17) is 4.74 Å². The Hall–Kier alpha value is -3.09. The maximum absolute atomic E-state index is 13.2. The lowest BCUT2D eigenvalue weighted by Gasteiger charge is -2.11. The molecule has 0 spiro atoms. The molecular formula is C17H12F2N2O3. The van der Waals surface area contributed by atoms with Gasteiger partial charge in [0.1, 0.15) is 0 Å². The fraction of sp³-hybridized carbons (Fsp3) is 0.118. The highest BCUT2D eigenvalue weighted by Gasteiger charge is 2.23. The van der Waals surface area contributed by atoms with Gasteiger partial charge in [-0.25, -0.2) is 13.6 Å². The van der Waals surface area contributed by atoms with Crippen molar-refractivity contribution in [1.29, 1.82) is 0 Å². The number of nitrogens with zero attached hydrogens (tertiary/aromatic N) is 1. The fourth-order valence-corrected chi connectivity index (χ4v) is 2.27. The predicted octanol–water partition coefficient (Wildman–Crippen LogP) is 3.27. The number of aromatic nitrogens is 2. The predicted molar refractivity (Wildman–Crippen MR) is 81.7 cm³/mol. The lowest BCUT2D eigenvalue weighted by atomic mass is 10.1. The molecule has 0 aliphatic carbocycles. The van der Waals surface area contributed by atoms with E-state index >= 15 is 0 Å². The number of para-hydroxylation sites is 1. The normalized spacial score (nSPS) is 12.1. The van der Waals surface area contributed by atoms with Crippen molar-refractivity contribution in [3.8, 4) is 0 Å². The van der Waals surface area contributed by atoms with E-state index in [0.29, 0.717) is 10.9 Å². The molecule has 0 aliphatic rings. The first-order valence-corrected chi connectivity index (χ1v) is 7.10. The van der Waals surface area contributed by atoms with Crippen LogP contribution in [-0.2, 0) is 4.74 Å². The molecule has 0 unspecified atom stereocenters. The summed E-state index contributed by atoms with van der Waals surface area (Å²) in [6.07, 6.45) is -1.17. The van der Waals surface area contributed by atoms with Gasteiger partial charge in [-0.1, -0.05) is 18.2 Å². The molecule has 2 aromatic carbocycles. The summed E-state index contributed by atoms with van der Waals surface area (Å²) in [5.74, 6) is -3.62. The van der Waals surface area contributed by atoms with Gasteiger partial charge in [0.15, 0.2) is 23.4 Å². The number of carbonyl (C=O) groups is 2. The van der Waals surface area contributed by atoms with Crippen LogP contribution in [0.3, 0.4) is 0 Å². The molecule has 7 heteroatoms. The maximum atomic E-state index is 13.2. The Morgan fingerprint density at radius 3 is 2.62 bits per heavy atom. The van der Waals surface area contributed by atoms with Crippen LogP contribution < -0.4 is 0 Å². The van der Waals surface area contributed by atoms with Crippen molar-refractivity contribution in [2.24, 2.45) is 0 Å². The van der Waals surface area contributed by atoms with E-state index in [2.05, 4.69) is 10.2 Å². The SMILES string of the molecule is C[C@H](OC(=O)c1n[nH]c2ccccc12)C(=O)c1ccc(F)c(F)c1. The number of carbonyl (C=O) groups excluding carboxylic acids is 2. The zero-order chi connectivity index (χ0) is 17.3. The minimum atomic E-state index is -1.17. The van der Waals surface area contributed by atoms with Crippen molar-refractivity contribution >= 4 is 22.7 Å². The van der Waals surface area contributed by atoms with Crippen molar-refractivity contribution in [2.75, 3.05) is 0 Å². The van der Waals surface area contributed by atoms with Gasteiger partial charge < -0.3 is 4.74 Å². The van der Waals surface area contributed by atoms with Gasteiger partial charge in [0.2, 0.25) is 5.78 Å². The van der Waals surface area contributed by atoms with E-state index in [0.717, 1.165) is 18.2 Å². The number of hydrogen-bond acceptors (Lipinski definition) is 4. The van der Waals surface area contributed by atoms with Crippen LogP contribution in [0.2, 0.25) is 0 Å². The third-order valence-electron chi connectivity index (χ3n) is 3.52. The number of ketones is 1. The summed E-state index contributed by atoms with van der Waals surface area (Å²) in [6.45, 7) is 1.36. The van der Waals surface area contributed by atoms with Crippen LogP contribution in [0.5, 0.6) is 0 Å². The standard InChI is InChI=1S/C17H12F2N2O3/c1-9(16(22)10-6-7-12(18)13(19)8-10)24-17(23)15-11-4-2-3-5-14(11)20-21-15/h2-9H,1H3,(H,20,21)/t9-/m0/s1. The average Bonchev–Trinajstić information content (AvgIpc) is 3.00. The molecule has 0 radical (unpaired) electrons. The average molecular weight is 330 g/mol. The molecule has 0 aliphatic heterocycles. The number of halogens is 2. The Balaban J connectivity index is 1.78. The van der Waals surface area contributed by atoms with E-state index in [9.17, 15) is 18.4 Å². The molecule has 1 N–H and O–H groups in total. The minimum Gasteiger partial charge on any atom is -0.449 e. The molecule has 1 atom stereocenters. The molecule has 0 saturated carbocycles. The monoisotopic (exact) mass is 330 g/mol. The molecule has 0 saturated heterocycles. The Morgan fingerprint density at radius 1 is 1.12 bits per heavy atom. The number of benzene rings is 2. The molecule has 0 fully saturated rings. The smallest absolute Gasteiger partial charge is 0.360 e. The van der Waals surface area contributed by atoms with Gasteiger partial charge in [-0.2, -0.15) is 5.10 Å². The highest BCUT2D eigenvalue weighted by atomic mass is 19.2. The topological polar surface area (TPSA) is 72.0 Å². The van der Waals surface area contributed by atoms with Crippen LogP contribution in [0.15, 0.2) is 42.5 Å². The van der Waals surface area contributed by atoms with Crippen LogP contribution in [0, 0.1) is 11.6 Å². The summed E-state index contributed by atoms with van der Waals surface area (Å²) >= 11 is 0. The Bertz CT molecular complexity index is 936. The molecule has 5 nitrogen and oxygen atoms in total. The van der Waals surface area contributed by atoms with Gasteiger partial charge in [0.25, 0.3) is 0 Å². The number of rotatable bonds is 4. The van der Waals surface area contributed by atoms with Crippen LogP contribution in [-0.4, -0.2) is 28.1 Å². The molecule has 122 valence electrons. The van der Waals surface area contributed by atoms with Crippen molar-refractivity contribution in [2.45, 2.75) is 13.0 Å². The molecule has 0 bridgehead atoms. The van der Waals surface area contributed by atoms with E-state index in [-0.39, 0.29) is 11.3 Å². The first kappa shape index (κ1) is 15.8. The fourth-order valence-electron chi connectivity index (χ4n) is 2.27. The first-order chi connectivity index (χ1) is 11.5. The quantitative estimate of drug-likeness (QED) is 0.589. The Morgan fingerprint density at radius 2 is 1.88 bits per heavy atom. The summed E-state index contributed by atoms with van der Waals surface area (Å²) in [4.78, 5) is 24.4. The zero-order valence-corrected chi connectivity index (χ0v) is 12.5. The maximum Gasteiger partial charge on any atom is 0.360 e. The first-order valence-electron chi connectivity index (χ1n) is 7.10. The molecule has 24 heavy (non-hydrogen) atoms. The second kappa shape index (κ2) is 6.19. The van der Waals surface area contributed by atoms with Crippen LogP contribution in [0.4, 0.5) is 8.78 Å². The van der Waals surface area contributed by atoms with Crippen molar-refractivity contribution in [3.05, 3.63) is 65.4 Å². The molecule has 0 amide bonds. The lowest BCUT2D eigenvalue weighted by molar-refractivity contribution is 0.0315. The Kier molecular flexibility index (Phi) is 4.07. The third kappa shape index (κ3) is 2.88. The number of ether oxygens (including phenoxy) is 1. The molecule has 1 aromatic heterocycles. The number of H-pyrrole nitrogens is 1. The van der Waals surface area contributed by atoms with Gasteiger partial charge >= 0.3 is 5.97 Å². The molecular weight excluding hydrogens is 318 g/mol. The van der Waals surface area contributed by atoms with E-state index in [1.807, 2.05) is 0 Å². The van der Waals surface area contributed by atoms with Gasteiger partial charge in [0.05, 0.1) is 5.52 Å². The van der Waals surface area contributed by atoms with Crippen molar-refractivity contribution in [3.63, 3.8) is 0 Å². The number of nitrogens with one attached hydrogen (secondary N) is 1. The lowest BCUT2D eigenvalue weighted by Crippen LogP contribution is -2.25. The molecule has 3 rings (SSSR count). The van der Waals surface area contributed by atoms with Crippen LogP contribution in [0.1, 0.15) is 27.8 Å². The van der Waals surface area contributed by atoms with Gasteiger partial charge in [-0.15, -0.1) is 0 Å². The van der Waals surface area contributed by atoms with Crippen LogP contribution >= 0.6 is 0 Å². The molecule has 3 aromatic rings. The van der Waals surface area contributed by atoms with Gasteiger partial charge in [0, 0.05) is 10.9 Å². The number of Topliss-reactive ketones (excluding diaryl/α,β-unsaturated/α-hetero) is 1. The second-order valence-electron chi connectivity index (χ2n) is 5.16. The summed E-state index contributed by atoms with van der Waals surface area (Å²) in [7, 11) is 0. The largest absolute Gasteiger partial charge is 0.449 e. The van der Waals surface area contributed by atoms with Gasteiger partial charge in [-0.05, 0) is 31.2 Å². The highest BCUT2D eigenvalue weighted by Crippen LogP contribution is 2.18. The second-order valence-corrected chi connectivity index (χ2v) is 5.16. The zero-order valence-electron chi connectivity index (χ0n) is 12.5. The summed E-state index contributed by atoms with van der Waals surface area (Å²) in [5, 5.41) is 7.14. The molecule has 1 heterocycles. The summed E-state index contributed by atoms with van der Waals surface area (Å²) in [5.41, 5.74) is 0.626. The highest BCUT2D eigenvalue weighted by molar-refractivity contribution is 6.04. The Labute approximate surface area is 135 Å². The van der Waals surface area contributed by atoms with E-state index in [1.165, 1.54) is 6.92 Å². The number of fused-ring (bicyclic) bond motifs is 1. The number of aromatic amines is 1. The summed E-state index contributed by atoms with van der Waals surface area (Å²) in [6, 6.07) is 9.71. The van der Waals surface area contributed by atoms with Crippen molar-refractivity contribution in [1.82, 2.24) is 10.2 Å². The number of esters is 1. The van der Waals surface area contributed by atoms with E-state index in [1.54, 1.807) is 24.3 Å². The van der Waals surface area contributed by atoms with Gasteiger partial charge in [-0.3, -0.25) is 9.89 Å². The number of hydrogen-bond donors (Lipinski definition) is 1. The van der Waals surface area contributed by atoms with Crippen molar-refractivity contribution < 1.29 is 23.1 Å². The van der Waals surface area contributed by atoms with Crippen LogP contribution in [0.25, 0.3) is 10.9 Å². The minimum absolute atomic E-state index is 0.0514. The summed E-state index contributed by atoms with van der Waals surface area (Å²) < 4.78 is 31.2.